The molecule has 0 spiro atoms. The standard InChI is InChI=1S/C17H19N5O5/c1-18-16-15(22(26)27)13(4-5-19-16)17(25)21-9-11-7-20(8-12(11)10-21)14(24)3-2-6-23/h2-5,23H,6-10H2,1H3,(H,18,19)/b3-2+. The maximum atomic E-state index is 12.8. The monoisotopic (exact) mass is 373 g/mol. The molecule has 0 aliphatic carbocycles. The van der Waals surface area contributed by atoms with Crippen LogP contribution in [0.5, 0.6) is 0 Å². The molecule has 0 aromatic carbocycles. The Kier molecular flexibility index (Phi) is 5.17. The Bertz CT molecular complexity index is 845. The van der Waals surface area contributed by atoms with Crippen LogP contribution >= 0.6 is 0 Å². The molecule has 3 heterocycles. The summed E-state index contributed by atoms with van der Waals surface area (Å²) in [6.07, 6.45) is 4.06. The Hall–Kier alpha value is -3.27. The van der Waals surface area contributed by atoms with Gasteiger partial charge < -0.3 is 20.2 Å². The number of amides is 2. The van der Waals surface area contributed by atoms with E-state index in [9.17, 15) is 19.7 Å². The lowest BCUT2D eigenvalue weighted by molar-refractivity contribution is -0.384. The van der Waals surface area contributed by atoms with E-state index in [0.29, 0.717) is 26.2 Å². The minimum Gasteiger partial charge on any atom is -0.392 e. The first-order chi connectivity index (χ1) is 13.0. The molecule has 142 valence electrons. The zero-order valence-electron chi connectivity index (χ0n) is 14.7. The lowest BCUT2D eigenvalue weighted by Crippen LogP contribution is -2.36. The summed E-state index contributed by atoms with van der Waals surface area (Å²) in [6.45, 7) is 1.28. The normalized spacial score (nSPS) is 16.2. The summed E-state index contributed by atoms with van der Waals surface area (Å²) in [6, 6.07) is 1.35. The summed E-state index contributed by atoms with van der Waals surface area (Å²) in [5.74, 6) is -0.592. The number of aliphatic hydroxyl groups is 1. The maximum Gasteiger partial charge on any atom is 0.324 e. The summed E-state index contributed by atoms with van der Waals surface area (Å²) >= 11 is 0. The predicted octanol–water partition coefficient (Wildman–Crippen LogP) is 0.175. The second kappa shape index (κ2) is 7.54. The highest BCUT2D eigenvalue weighted by atomic mass is 16.6. The summed E-state index contributed by atoms with van der Waals surface area (Å²) in [5.41, 5.74) is 1.58. The molecule has 10 nitrogen and oxygen atoms in total. The zero-order valence-corrected chi connectivity index (χ0v) is 14.7. The van der Waals surface area contributed by atoms with Gasteiger partial charge in [-0.25, -0.2) is 4.98 Å². The third-order valence-corrected chi connectivity index (χ3v) is 4.57. The topological polar surface area (TPSA) is 129 Å². The van der Waals surface area contributed by atoms with E-state index in [1.54, 1.807) is 4.90 Å². The number of pyridine rings is 1. The van der Waals surface area contributed by atoms with Crippen molar-refractivity contribution in [2.45, 2.75) is 0 Å². The molecule has 0 saturated heterocycles. The minimum atomic E-state index is -0.614. The van der Waals surface area contributed by atoms with Gasteiger partial charge in [-0.2, -0.15) is 0 Å². The number of aromatic nitrogens is 1. The van der Waals surface area contributed by atoms with Crippen molar-refractivity contribution in [2.75, 3.05) is 45.2 Å². The molecular weight excluding hydrogens is 354 g/mol. The van der Waals surface area contributed by atoms with Crippen LogP contribution < -0.4 is 5.32 Å². The first-order valence-electron chi connectivity index (χ1n) is 8.32. The lowest BCUT2D eigenvalue weighted by atomic mass is 10.2. The summed E-state index contributed by atoms with van der Waals surface area (Å²) in [7, 11) is 1.51. The molecule has 1 aromatic rings. The second-order valence-corrected chi connectivity index (χ2v) is 6.21. The zero-order chi connectivity index (χ0) is 19.6. The molecule has 0 radical (unpaired) electrons. The van der Waals surface area contributed by atoms with Crippen molar-refractivity contribution in [1.29, 1.82) is 0 Å². The number of nitrogens with zero attached hydrogens (tertiary/aromatic N) is 4. The maximum absolute atomic E-state index is 12.8. The molecule has 10 heteroatoms. The van der Waals surface area contributed by atoms with Crippen LogP contribution in [0, 0.1) is 10.1 Å². The molecule has 0 saturated carbocycles. The molecule has 2 aliphatic rings. The highest BCUT2D eigenvalue weighted by Gasteiger charge is 2.36. The van der Waals surface area contributed by atoms with Crippen LogP contribution in [-0.2, 0) is 4.79 Å². The molecule has 0 unspecified atom stereocenters. The number of anilines is 1. The van der Waals surface area contributed by atoms with Crippen molar-refractivity contribution < 1.29 is 19.6 Å². The van der Waals surface area contributed by atoms with Crippen LogP contribution in [0.15, 0.2) is 35.6 Å². The van der Waals surface area contributed by atoms with E-state index in [1.165, 1.54) is 36.4 Å². The molecule has 0 fully saturated rings. The highest BCUT2D eigenvalue weighted by Crippen LogP contribution is 2.31. The van der Waals surface area contributed by atoms with Crippen molar-refractivity contribution in [1.82, 2.24) is 14.8 Å². The molecule has 0 bridgehead atoms. The molecule has 1 aromatic heterocycles. The number of rotatable bonds is 5. The average molecular weight is 373 g/mol. The van der Waals surface area contributed by atoms with Gasteiger partial charge in [0.15, 0.2) is 0 Å². The number of aliphatic hydroxyl groups excluding tert-OH is 1. The summed E-state index contributed by atoms with van der Waals surface area (Å²) in [5, 5.41) is 22.8. The van der Waals surface area contributed by atoms with Crippen LogP contribution in [0.4, 0.5) is 11.5 Å². The van der Waals surface area contributed by atoms with Crippen LogP contribution in [0.3, 0.4) is 0 Å². The van der Waals surface area contributed by atoms with Gasteiger partial charge in [-0.15, -0.1) is 0 Å². The van der Waals surface area contributed by atoms with E-state index in [2.05, 4.69) is 10.3 Å². The van der Waals surface area contributed by atoms with E-state index in [0.717, 1.165) is 11.1 Å². The number of carbonyl (C=O) groups excluding carboxylic acids is 2. The molecule has 2 amide bonds. The summed E-state index contributed by atoms with van der Waals surface area (Å²) < 4.78 is 0. The van der Waals surface area contributed by atoms with Crippen LogP contribution in [-0.4, -0.2) is 76.5 Å². The van der Waals surface area contributed by atoms with Crippen molar-refractivity contribution in [2.24, 2.45) is 0 Å². The van der Waals surface area contributed by atoms with Crippen molar-refractivity contribution in [3.8, 4) is 0 Å². The van der Waals surface area contributed by atoms with E-state index in [1.807, 2.05) is 0 Å². The van der Waals surface area contributed by atoms with Gasteiger partial charge in [0.05, 0.1) is 11.5 Å². The first kappa shape index (κ1) is 18.5. The predicted molar refractivity (Wildman–Crippen MR) is 96.2 cm³/mol. The number of hydrogen-bond donors (Lipinski definition) is 2. The third-order valence-electron chi connectivity index (χ3n) is 4.57. The Morgan fingerprint density at radius 1 is 1.30 bits per heavy atom. The van der Waals surface area contributed by atoms with E-state index < -0.39 is 10.8 Å². The molecule has 2 N–H and O–H groups in total. The Labute approximate surface area is 154 Å². The lowest BCUT2D eigenvalue weighted by Gasteiger charge is -2.22. The van der Waals surface area contributed by atoms with Crippen LogP contribution in [0.2, 0.25) is 0 Å². The molecule has 2 aliphatic heterocycles. The van der Waals surface area contributed by atoms with Gasteiger partial charge in [0, 0.05) is 45.5 Å². The van der Waals surface area contributed by atoms with Gasteiger partial charge in [0.2, 0.25) is 11.7 Å². The Morgan fingerprint density at radius 2 is 1.93 bits per heavy atom. The Morgan fingerprint density at radius 3 is 2.48 bits per heavy atom. The van der Waals surface area contributed by atoms with Gasteiger partial charge >= 0.3 is 5.69 Å². The number of hydrogen-bond acceptors (Lipinski definition) is 7. The van der Waals surface area contributed by atoms with E-state index in [4.69, 9.17) is 5.11 Å². The SMILES string of the molecule is CNc1nccc(C(=O)N2CC3=C(CN(C(=O)/C=C/CO)C3)C2)c1[N+](=O)[O-]. The van der Waals surface area contributed by atoms with Crippen molar-refractivity contribution in [3.63, 3.8) is 0 Å². The van der Waals surface area contributed by atoms with Gasteiger partial charge in [-0.3, -0.25) is 19.7 Å². The minimum absolute atomic E-state index is 0.0145. The van der Waals surface area contributed by atoms with Gasteiger partial charge in [0.25, 0.3) is 5.91 Å². The third kappa shape index (κ3) is 3.51. The van der Waals surface area contributed by atoms with E-state index in [-0.39, 0.29) is 29.6 Å². The van der Waals surface area contributed by atoms with Crippen LogP contribution in [0.25, 0.3) is 0 Å². The summed E-state index contributed by atoms with van der Waals surface area (Å²) in [4.78, 5) is 42.7. The smallest absolute Gasteiger partial charge is 0.324 e. The first-order valence-corrected chi connectivity index (χ1v) is 8.32. The fourth-order valence-electron chi connectivity index (χ4n) is 3.30. The Balaban J connectivity index is 1.72. The average Bonchev–Trinajstić information content (AvgIpc) is 3.23. The van der Waals surface area contributed by atoms with Crippen molar-refractivity contribution >= 4 is 23.3 Å². The number of nitrogens with one attached hydrogen (secondary N) is 1. The molecule has 3 rings (SSSR count). The molecule has 27 heavy (non-hydrogen) atoms. The van der Waals surface area contributed by atoms with Crippen molar-refractivity contribution in [3.05, 3.63) is 51.2 Å². The highest BCUT2D eigenvalue weighted by molar-refractivity contribution is 6.00. The molecule has 0 atom stereocenters. The van der Waals surface area contributed by atoms with Gasteiger partial charge in [-0.1, -0.05) is 6.08 Å². The fraction of sp³-hybridized carbons (Fsp3) is 0.353. The van der Waals surface area contributed by atoms with E-state index >= 15 is 0 Å². The van der Waals surface area contributed by atoms with Crippen LogP contribution in [0.1, 0.15) is 10.4 Å². The second-order valence-electron chi connectivity index (χ2n) is 6.21. The van der Waals surface area contributed by atoms with Gasteiger partial charge in [-0.05, 0) is 17.2 Å². The number of carbonyl (C=O) groups is 2. The number of nitro groups is 1. The largest absolute Gasteiger partial charge is 0.392 e. The quantitative estimate of drug-likeness (QED) is 0.326. The van der Waals surface area contributed by atoms with Gasteiger partial charge in [0.1, 0.15) is 5.56 Å². The molecular formula is C17H19N5O5. The fourth-order valence-corrected chi connectivity index (χ4v) is 3.30.